The first-order valence-corrected chi connectivity index (χ1v) is 12.5. The van der Waals surface area contributed by atoms with E-state index in [-0.39, 0.29) is 11.3 Å². The minimum atomic E-state index is -0.342. The van der Waals surface area contributed by atoms with Gasteiger partial charge >= 0.3 is 0 Å². The molecule has 2 aromatic carbocycles. The second kappa shape index (κ2) is 11.2. The molecule has 1 aliphatic rings. The van der Waals surface area contributed by atoms with Crippen LogP contribution in [-0.2, 0) is 4.79 Å². The first-order valence-electron chi connectivity index (χ1n) is 12.5. The third kappa shape index (κ3) is 7.45. The van der Waals surface area contributed by atoms with E-state index in [0.29, 0.717) is 17.6 Å². The van der Waals surface area contributed by atoms with Crippen LogP contribution in [0.25, 0.3) is 10.9 Å². The Morgan fingerprint density at radius 2 is 1.63 bits per heavy atom. The molecule has 182 valence electrons. The summed E-state index contributed by atoms with van der Waals surface area (Å²) in [6, 6.07) is 13.5. The van der Waals surface area contributed by atoms with E-state index >= 15 is 0 Å². The average Bonchev–Trinajstić information content (AvgIpc) is 2.80. The summed E-state index contributed by atoms with van der Waals surface area (Å²) in [4.78, 5) is 21.0. The fourth-order valence-corrected chi connectivity index (χ4v) is 4.12. The van der Waals surface area contributed by atoms with Gasteiger partial charge in [-0.1, -0.05) is 25.2 Å². The zero-order valence-electron chi connectivity index (χ0n) is 20.9. The molecular formula is C29H34N4O2. The highest BCUT2D eigenvalue weighted by molar-refractivity contribution is 6.05. The Balaban J connectivity index is 1.46. The second-order valence-corrected chi connectivity index (χ2v) is 10.1. The summed E-state index contributed by atoms with van der Waals surface area (Å²) >= 11 is 0. The first-order chi connectivity index (χ1) is 16.9. The summed E-state index contributed by atoms with van der Waals surface area (Å²) in [5.41, 5.74) is 2.10. The van der Waals surface area contributed by atoms with E-state index in [4.69, 9.17) is 4.74 Å². The van der Waals surface area contributed by atoms with E-state index < -0.39 is 0 Å². The van der Waals surface area contributed by atoms with Gasteiger partial charge in [0.15, 0.2) is 0 Å². The van der Waals surface area contributed by atoms with Crippen LogP contribution in [0.1, 0.15) is 65.7 Å². The molecule has 1 saturated carbocycles. The van der Waals surface area contributed by atoms with Gasteiger partial charge in [0, 0.05) is 22.2 Å². The lowest BCUT2D eigenvalue weighted by Crippen LogP contribution is -2.17. The maximum atomic E-state index is 12.2. The Morgan fingerprint density at radius 1 is 0.943 bits per heavy atom. The van der Waals surface area contributed by atoms with Crippen molar-refractivity contribution in [1.29, 1.82) is 0 Å². The van der Waals surface area contributed by atoms with Crippen LogP contribution in [0.4, 0.5) is 17.2 Å². The first kappa shape index (κ1) is 24.5. The molecule has 0 bridgehead atoms. The van der Waals surface area contributed by atoms with E-state index in [0.717, 1.165) is 35.2 Å². The van der Waals surface area contributed by atoms with Crippen LogP contribution in [0.3, 0.4) is 0 Å². The van der Waals surface area contributed by atoms with Gasteiger partial charge in [0.05, 0.1) is 11.6 Å². The molecule has 0 spiro atoms. The summed E-state index contributed by atoms with van der Waals surface area (Å²) in [5.74, 6) is 6.83. The molecule has 4 rings (SSSR count). The highest BCUT2D eigenvalue weighted by Crippen LogP contribution is 2.28. The van der Waals surface area contributed by atoms with E-state index in [9.17, 15) is 4.79 Å². The molecule has 1 fully saturated rings. The fraction of sp³-hybridized carbons (Fsp3) is 0.414. The zero-order valence-corrected chi connectivity index (χ0v) is 20.9. The predicted molar refractivity (Wildman–Crippen MR) is 142 cm³/mol. The zero-order chi connectivity index (χ0) is 24.7. The average molecular weight is 471 g/mol. The molecule has 1 amide bonds. The van der Waals surface area contributed by atoms with Gasteiger partial charge in [-0.05, 0) is 94.8 Å². The van der Waals surface area contributed by atoms with Crippen molar-refractivity contribution in [3.05, 3.63) is 48.8 Å². The number of hydrogen-bond acceptors (Lipinski definition) is 5. The number of nitrogens with zero attached hydrogens (tertiary/aromatic N) is 2. The van der Waals surface area contributed by atoms with Crippen LogP contribution in [-0.4, -0.2) is 22.0 Å². The second-order valence-electron chi connectivity index (χ2n) is 10.1. The van der Waals surface area contributed by atoms with Crippen LogP contribution in [0.2, 0.25) is 0 Å². The molecule has 1 aromatic heterocycles. The topological polar surface area (TPSA) is 76.1 Å². The number of fused-ring (bicyclic) bond motifs is 1. The van der Waals surface area contributed by atoms with Crippen LogP contribution >= 0.6 is 0 Å². The van der Waals surface area contributed by atoms with Crippen molar-refractivity contribution in [1.82, 2.24) is 9.97 Å². The third-order valence-electron chi connectivity index (χ3n) is 5.92. The van der Waals surface area contributed by atoms with Gasteiger partial charge in [-0.15, -0.1) is 0 Å². The molecule has 0 radical (unpaired) electrons. The lowest BCUT2D eigenvalue weighted by molar-refractivity contribution is -0.111. The summed E-state index contributed by atoms with van der Waals surface area (Å²) in [6.45, 7) is 5.90. The lowest BCUT2D eigenvalue weighted by atomic mass is 9.98. The molecule has 6 nitrogen and oxygen atoms in total. The van der Waals surface area contributed by atoms with Crippen molar-refractivity contribution < 1.29 is 9.53 Å². The quantitative estimate of drug-likeness (QED) is 0.399. The van der Waals surface area contributed by atoms with Crippen molar-refractivity contribution in [2.75, 3.05) is 10.6 Å². The normalized spacial score (nSPS) is 14.8. The van der Waals surface area contributed by atoms with Crippen molar-refractivity contribution in [2.45, 2.75) is 71.8 Å². The third-order valence-corrected chi connectivity index (χ3v) is 5.92. The van der Waals surface area contributed by atoms with E-state index in [2.05, 4.69) is 32.4 Å². The summed E-state index contributed by atoms with van der Waals surface area (Å²) in [5, 5.41) is 7.02. The number of hydrogen-bond donors (Lipinski definition) is 2. The maximum absolute atomic E-state index is 12.2. The molecule has 1 heterocycles. The smallest absolute Gasteiger partial charge is 0.300 e. The summed E-state index contributed by atoms with van der Waals surface area (Å²) in [7, 11) is 0. The van der Waals surface area contributed by atoms with Crippen molar-refractivity contribution in [2.24, 2.45) is 5.41 Å². The minimum absolute atomic E-state index is 0.235. The maximum Gasteiger partial charge on any atom is 0.300 e. The number of carbonyl (C=O) groups excluding carboxylic acids is 1. The molecule has 3 aromatic rings. The predicted octanol–water partition coefficient (Wildman–Crippen LogP) is 6.85. The van der Waals surface area contributed by atoms with Crippen LogP contribution in [0.5, 0.6) is 5.75 Å². The van der Waals surface area contributed by atoms with Gasteiger partial charge in [0.1, 0.15) is 17.9 Å². The molecule has 0 saturated heterocycles. The highest BCUT2D eigenvalue weighted by atomic mass is 16.5. The number of amides is 1. The largest absolute Gasteiger partial charge is 0.490 e. The van der Waals surface area contributed by atoms with Crippen LogP contribution in [0.15, 0.2) is 48.8 Å². The molecule has 35 heavy (non-hydrogen) atoms. The van der Waals surface area contributed by atoms with Crippen molar-refractivity contribution >= 4 is 34.0 Å². The molecule has 0 unspecified atom stereocenters. The Morgan fingerprint density at radius 3 is 2.34 bits per heavy atom. The van der Waals surface area contributed by atoms with E-state index in [1.54, 1.807) is 0 Å². The summed E-state index contributed by atoms with van der Waals surface area (Å²) in [6.07, 6.45) is 10.6. The Hall–Kier alpha value is -3.59. The minimum Gasteiger partial charge on any atom is -0.490 e. The Bertz CT molecular complexity index is 1210. The number of anilines is 3. The van der Waals surface area contributed by atoms with Gasteiger partial charge in [-0.25, -0.2) is 9.97 Å². The SMILES string of the molecule is CC(C)(C)C#CC(=O)Nc1ccc2ncnc(Nc3ccc(OC4CCCCCCC4)cc3)c2c1. The van der Waals surface area contributed by atoms with Crippen LogP contribution < -0.4 is 15.4 Å². The van der Waals surface area contributed by atoms with Gasteiger partial charge in [0.2, 0.25) is 0 Å². The molecular weight excluding hydrogens is 436 g/mol. The van der Waals surface area contributed by atoms with Gasteiger partial charge in [-0.3, -0.25) is 4.79 Å². The van der Waals surface area contributed by atoms with Gasteiger partial charge in [0.25, 0.3) is 5.91 Å². The van der Waals surface area contributed by atoms with Crippen molar-refractivity contribution in [3.63, 3.8) is 0 Å². The molecule has 0 aliphatic heterocycles. The molecule has 1 aliphatic carbocycles. The van der Waals surface area contributed by atoms with E-state index in [1.165, 1.54) is 38.4 Å². The van der Waals surface area contributed by atoms with E-state index in [1.807, 2.05) is 63.2 Å². The summed E-state index contributed by atoms with van der Waals surface area (Å²) < 4.78 is 6.26. The molecule has 6 heteroatoms. The lowest BCUT2D eigenvalue weighted by Gasteiger charge is -2.21. The van der Waals surface area contributed by atoms with Crippen LogP contribution in [0, 0.1) is 17.3 Å². The Labute approximate surface area is 207 Å². The standard InChI is InChI=1S/C29H34N4O2/c1-29(2,3)18-17-27(34)32-22-13-16-26-25(19-22)28(31-20-30-26)33-21-11-14-24(15-12-21)35-23-9-7-5-4-6-8-10-23/h11-16,19-20,23H,4-10H2,1-3H3,(H,32,34)(H,30,31,33). The van der Waals surface area contributed by atoms with Crippen molar-refractivity contribution in [3.8, 4) is 17.6 Å². The molecule has 0 atom stereocenters. The Kier molecular flexibility index (Phi) is 7.87. The van der Waals surface area contributed by atoms with Gasteiger partial charge < -0.3 is 15.4 Å². The fourth-order valence-electron chi connectivity index (χ4n) is 4.12. The number of nitrogens with one attached hydrogen (secondary N) is 2. The number of benzene rings is 2. The van der Waals surface area contributed by atoms with Gasteiger partial charge in [-0.2, -0.15) is 0 Å². The highest BCUT2D eigenvalue weighted by Gasteiger charge is 2.13. The number of rotatable bonds is 5. The number of carbonyl (C=O) groups is 1. The monoisotopic (exact) mass is 470 g/mol. The number of aromatic nitrogens is 2. The number of ether oxygens (including phenoxy) is 1. The molecule has 2 N–H and O–H groups in total.